The van der Waals surface area contributed by atoms with Crippen molar-refractivity contribution < 1.29 is 14.6 Å². The van der Waals surface area contributed by atoms with Crippen LogP contribution in [0.4, 0.5) is 0 Å². The Bertz CT molecular complexity index is 522. The van der Waals surface area contributed by atoms with Gasteiger partial charge < -0.3 is 15.2 Å². The van der Waals surface area contributed by atoms with Crippen LogP contribution in [0.2, 0.25) is 0 Å². The summed E-state index contributed by atoms with van der Waals surface area (Å²) in [6.45, 7) is 4.24. The normalized spacial score (nSPS) is 27.6. The molecule has 1 aromatic heterocycles. The molecule has 0 unspecified atom stereocenters. The SMILES string of the molecule is C[C@@H]1Cc2c(C(=O)NCC3(O)CCC3)n[nH]c2[C@H](C)O1. The third kappa shape index (κ3) is 2.33. The van der Waals surface area contributed by atoms with Crippen LogP contribution in [-0.4, -0.2) is 39.5 Å². The predicted molar refractivity (Wildman–Crippen MR) is 72.4 cm³/mol. The summed E-state index contributed by atoms with van der Waals surface area (Å²) in [6, 6.07) is 0. The van der Waals surface area contributed by atoms with Gasteiger partial charge in [0.25, 0.3) is 5.91 Å². The number of carbonyl (C=O) groups is 1. The second-order valence-electron chi connectivity index (χ2n) is 6.02. The number of aromatic nitrogens is 2. The summed E-state index contributed by atoms with van der Waals surface area (Å²) in [5, 5.41) is 19.8. The van der Waals surface area contributed by atoms with E-state index in [0.717, 1.165) is 30.5 Å². The van der Waals surface area contributed by atoms with Gasteiger partial charge in [0.2, 0.25) is 0 Å². The van der Waals surface area contributed by atoms with Gasteiger partial charge in [0.15, 0.2) is 5.69 Å². The van der Waals surface area contributed by atoms with Crippen LogP contribution in [0.5, 0.6) is 0 Å². The molecular weight excluding hydrogens is 258 g/mol. The number of rotatable bonds is 3. The molecule has 0 spiro atoms. The summed E-state index contributed by atoms with van der Waals surface area (Å²) < 4.78 is 5.70. The molecule has 1 aromatic rings. The number of amides is 1. The molecule has 2 atom stereocenters. The Morgan fingerprint density at radius 2 is 2.30 bits per heavy atom. The van der Waals surface area contributed by atoms with Crippen LogP contribution in [-0.2, 0) is 11.2 Å². The van der Waals surface area contributed by atoms with Crippen LogP contribution < -0.4 is 5.32 Å². The molecule has 0 aromatic carbocycles. The van der Waals surface area contributed by atoms with Gasteiger partial charge in [-0.2, -0.15) is 5.10 Å². The zero-order valence-corrected chi connectivity index (χ0v) is 11.9. The number of carbonyl (C=O) groups excluding carboxylic acids is 1. The quantitative estimate of drug-likeness (QED) is 0.772. The molecule has 110 valence electrons. The summed E-state index contributed by atoms with van der Waals surface area (Å²) in [7, 11) is 0. The van der Waals surface area contributed by atoms with Gasteiger partial charge >= 0.3 is 0 Å². The van der Waals surface area contributed by atoms with Gasteiger partial charge in [-0.05, 0) is 33.1 Å². The van der Waals surface area contributed by atoms with E-state index in [2.05, 4.69) is 15.5 Å². The van der Waals surface area contributed by atoms with E-state index >= 15 is 0 Å². The van der Waals surface area contributed by atoms with Crippen LogP contribution in [0.1, 0.15) is 61.0 Å². The van der Waals surface area contributed by atoms with Gasteiger partial charge in [0, 0.05) is 18.5 Å². The summed E-state index contributed by atoms with van der Waals surface area (Å²) in [5.41, 5.74) is 1.55. The largest absolute Gasteiger partial charge is 0.388 e. The first kappa shape index (κ1) is 13.6. The van der Waals surface area contributed by atoms with Crippen LogP contribution in [0, 0.1) is 0 Å². The highest BCUT2D eigenvalue weighted by Gasteiger charge is 2.35. The van der Waals surface area contributed by atoms with E-state index in [1.807, 2.05) is 13.8 Å². The fraction of sp³-hybridized carbons (Fsp3) is 0.714. The molecule has 3 N–H and O–H groups in total. The summed E-state index contributed by atoms with van der Waals surface area (Å²) in [6.07, 6.45) is 3.23. The number of fused-ring (bicyclic) bond motifs is 1. The molecule has 1 fully saturated rings. The zero-order chi connectivity index (χ0) is 14.3. The molecular formula is C14H21N3O3. The van der Waals surface area contributed by atoms with E-state index in [1.165, 1.54) is 0 Å². The van der Waals surface area contributed by atoms with Crippen LogP contribution in [0.25, 0.3) is 0 Å². The van der Waals surface area contributed by atoms with Gasteiger partial charge in [0.05, 0.1) is 23.5 Å². The maximum absolute atomic E-state index is 12.2. The molecule has 0 bridgehead atoms. The fourth-order valence-corrected chi connectivity index (χ4v) is 2.95. The summed E-state index contributed by atoms with van der Waals surface area (Å²) in [5.74, 6) is -0.218. The van der Waals surface area contributed by atoms with Crippen molar-refractivity contribution in [3.05, 3.63) is 17.0 Å². The molecule has 2 heterocycles. The molecule has 1 aliphatic carbocycles. The van der Waals surface area contributed by atoms with Crippen molar-refractivity contribution in [3.63, 3.8) is 0 Å². The van der Waals surface area contributed by atoms with Crippen molar-refractivity contribution in [1.82, 2.24) is 15.5 Å². The van der Waals surface area contributed by atoms with Gasteiger partial charge in [-0.1, -0.05) is 0 Å². The number of hydrogen-bond donors (Lipinski definition) is 3. The lowest BCUT2D eigenvalue weighted by atomic mass is 9.80. The number of aromatic amines is 1. The first-order valence-electron chi connectivity index (χ1n) is 7.22. The summed E-state index contributed by atoms with van der Waals surface area (Å²) >= 11 is 0. The molecule has 6 heteroatoms. The number of H-pyrrole nitrogens is 1. The minimum absolute atomic E-state index is 0.0707. The van der Waals surface area contributed by atoms with E-state index in [9.17, 15) is 9.90 Å². The fourth-order valence-electron chi connectivity index (χ4n) is 2.95. The summed E-state index contributed by atoms with van der Waals surface area (Å²) in [4.78, 5) is 12.2. The predicted octanol–water partition coefficient (Wildman–Crippen LogP) is 1.08. The van der Waals surface area contributed by atoms with Gasteiger partial charge in [-0.25, -0.2) is 0 Å². The Labute approximate surface area is 117 Å². The average molecular weight is 279 g/mol. The second-order valence-corrected chi connectivity index (χ2v) is 6.02. The number of nitrogens with zero attached hydrogens (tertiary/aromatic N) is 1. The Morgan fingerprint density at radius 1 is 1.55 bits per heavy atom. The van der Waals surface area contributed by atoms with E-state index < -0.39 is 5.60 Å². The van der Waals surface area contributed by atoms with Crippen molar-refractivity contribution in [3.8, 4) is 0 Å². The smallest absolute Gasteiger partial charge is 0.272 e. The average Bonchev–Trinajstić information content (AvgIpc) is 2.77. The lowest BCUT2D eigenvalue weighted by Crippen LogP contribution is -2.48. The number of nitrogens with one attached hydrogen (secondary N) is 2. The lowest BCUT2D eigenvalue weighted by Gasteiger charge is -2.36. The highest BCUT2D eigenvalue weighted by molar-refractivity contribution is 5.94. The number of ether oxygens (including phenoxy) is 1. The van der Waals surface area contributed by atoms with E-state index in [4.69, 9.17) is 4.74 Å². The standard InChI is InChI=1S/C14H21N3O3/c1-8-6-10-11(9(2)20-8)16-17-12(10)13(18)15-7-14(19)4-3-5-14/h8-9,19H,3-7H2,1-2H3,(H,15,18)(H,16,17)/t8-,9+/m1/s1. The minimum Gasteiger partial charge on any atom is -0.388 e. The molecule has 3 rings (SSSR count). The molecule has 0 saturated heterocycles. The highest BCUT2D eigenvalue weighted by Crippen LogP contribution is 2.32. The van der Waals surface area contributed by atoms with Crippen molar-refractivity contribution in [2.75, 3.05) is 6.54 Å². The van der Waals surface area contributed by atoms with Crippen molar-refractivity contribution in [1.29, 1.82) is 0 Å². The van der Waals surface area contributed by atoms with Gasteiger partial charge in [0.1, 0.15) is 0 Å². The van der Waals surface area contributed by atoms with Gasteiger partial charge in [-0.3, -0.25) is 9.89 Å². The Hall–Kier alpha value is -1.40. The molecule has 6 nitrogen and oxygen atoms in total. The zero-order valence-electron chi connectivity index (χ0n) is 11.9. The van der Waals surface area contributed by atoms with E-state index in [-0.39, 0.29) is 18.1 Å². The Balaban J connectivity index is 1.72. The van der Waals surface area contributed by atoms with Crippen LogP contribution >= 0.6 is 0 Å². The Morgan fingerprint density at radius 3 is 2.95 bits per heavy atom. The van der Waals surface area contributed by atoms with Crippen molar-refractivity contribution in [2.24, 2.45) is 0 Å². The molecule has 0 radical (unpaired) electrons. The number of hydrogen-bond acceptors (Lipinski definition) is 4. The first-order valence-corrected chi connectivity index (χ1v) is 7.22. The maximum Gasteiger partial charge on any atom is 0.272 e. The minimum atomic E-state index is -0.713. The molecule has 1 aliphatic heterocycles. The monoisotopic (exact) mass is 279 g/mol. The van der Waals surface area contributed by atoms with Gasteiger partial charge in [-0.15, -0.1) is 0 Å². The van der Waals surface area contributed by atoms with E-state index in [0.29, 0.717) is 18.7 Å². The van der Waals surface area contributed by atoms with Crippen molar-refractivity contribution in [2.45, 2.75) is 57.3 Å². The Kier molecular flexibility index (Phi) is 3.30. The van der Waals surface area contributed by atoms with Crippen molar-refractivity contribution >= 4 is 5.91 Å². The topological polar surface area (TPSA) is 87.2 Å². The van der Waals surface area contributed by atoms with E-state index in [1.54, 1.807) is 0 Å². The molecule has 2 aliphatic rings. The number of aliphatic hydroxyl groups is 1. The lowest BCUT2D eigenvalue weighted by molar-refractivity contribution is -0.0301. The first-order chi connectivity index (χ1) is 9.48. The molecule has 1 saturated carbocycles. The third-order valence-corrected chi connectivity index (χ3v) is 4.31. The molecule has 1 amide bonds. The maximum atomic E-state index is 12.2. The van der Waals surface area contributed by atoms with Crippen LogP contribution in [0.3, 0.4) is 0 Å². The second kappa shape index (κ2) is 4.86. The third-order valence-electron chi connectivity index (χ3n) is 4.31. The highest BCUT2D eigenvalue weighted by atomic mass is 16.5. The van der Waals surface area contributed by atoms with Crippen LogP contribution in [0.15, 0.2) is 0 Å². The molecule has 20 heavy (non-hydrogen) atoms.